The first-order chi connectivity index (χ1) is 36.5. The Hall–Kier alpha value is -3.41. The fraction of sp³-hybridized carbons (Fsp3) is 0.750. The lowest BCUT2D eigenvalue weighted by atomic mass is 10.0. The van der Waals surface area contributed by atoms with Gasteiger partial charge in [-0.2, -0.15) is 0 Å². The minimum atomic E-state index is -0.816. The van der Waals surface area contributed by atoms with Crippen molar-refractivity contribution in [2.45, 2.75) is 316 Å². The maximum atomic E-state index is 12.9. The van der Waals surface area contributed by atoms with E-state index < -0.39 is 6.10 Å². The number of rotatable bonds is 57. The van der Waals surface area contributed by atoms with Crippen molar-refractivity contribution in [2.24, 2.45) is 0 Å². The van der Waals surface area contributed by atoms with Crippen molar-refractivity contribution in [1.29, 1.82) is 0 Å². The first-order valence-corrected chi connectivity index (χ1v) is 31.6. The Morgan fingerprint density at radius 1 is 0.284 bits per heavy atom. The molecule has 6 heteroatoms. The summed E-state index contributed by atoms with van der Waals surface area (Å²) in [6, 6.07) is 0. The molecule has 0 fully saturated rings. The van der Waals surface area contributed by atoms with Gasteiger partial charge in [0.05, 0.1) is 0 Å². The van der Waals surface area contributed by atoms with Gasteiger partial charge in [0.1, 0.15) is 13.2 Å². The standard InChI is InChI=1S/C68H118O6/c1-4-7-10-13-16-19-22-25-28-30-32-33-34-35-37-38-40-43-46-49-52-55-58-61-67(70)73-64-65(63-72-66(69)60-57-54-51-48-45-42-27-24-21-18-15-12-9-6-3)74-68(71)62-59-56-53-50-47-44-41-39-36-31-29-26-23-20-17-14-11-8-5-2/h8,11,17,20,26,29-30,32,36,39,44,47,53,56,65H,4-7,9-10,12-16,18-19,21-25,27-28,31,33-35,37-38,40-43,45-46,48-52,54-55,57-64H2,1-3H3/b11-8-,20-17-,29-26-,32-30-,39-36-,47-44-,56-53-. The summed E-state index contributed by atoms with van der Waals surface area (Å²) in [7, 11) is 0. The van der Waals surface area contributed by atoms with E-state index in [1.165, 1.54) is 186 Å². The number of carbonyl (C=O) groups excluding carboxylic acids is 3. The molecular weight excluding hydrogens is 913 g/mol. The molecule has 1 unspecified atom stereocenters. The summed E-state index contributed by atoms with van der Waals surface area (Å²) in [6.45, 7) is 6.50. The Balaban J connectivity index is 4.41. The molecule has 0 aromatic rings. The average Bonchev–Trinajstić information content (AvgIpc) is 3.40. The van der Waals surface area contributed by atoms with Gasteiger partial charge in [0.15, 0.2) is 6.10 Å². The van der Waals surface area contributed by atoms with Gasteiger partial charge in [0.25, 0.3) is 0 Å². The normalized spacial score (nSPS) is 12.6. The van der Waals surface area contributed by atoms with E-state index in [0.29, 0.717) is 19.3 Å². The van der Waals surface area contributed by atoms with E-state index in [4.69, 9.17) is 14.2 Å². The van der Waals surface area contributed by atoms with Crippen LogP contribution in [-0.2, 0) is 28.6 Å². The van der Waals surface area contributed by atoms with Gasteiger partial charge in [-0.25, -0.2) is 0 Å². The molecule has 0 aromatic carbocycles. The minimum Gasteiger partial charge on any atom is -0.462 e. The fourth-order valence-corrected chi connectivity index (χ4v) is 8.94. The zero-order chi connectivity index (χ0) is 53.6. The number of hydrogen-bond donors (Lipinski definition) is 0. The van der Waals surface area contributed by atoms with Gasteiger partial charge in [0.2, 0.25) is 0 Å². The molecule has 0 aliphatic carbocycles. The Bertz CT molecular complexity index is 1420. The van der Waals surface area contributed by atoms with Crippen LogP contribution in [0.2, 0.25) is 0 Å². The van der Waals surface area contributed by atoms with E-state index in [-0.39, 0.29) is 37.5 Å². The highest BCUT2D eigenvalue weighted by Crippen LogP contribution is 2.16. The van der Waals surface area contributed by atoms with Gasteiger partial charge >= 0.3 is 17.9 Å². The van der Waals surface area contributed by atoms with E-state index in [1.807, 2.05) is 6.08 Å². The summed E-state index contributed by atoms with van der Waals surface area (Å²) in [4.78, 5) is 38.2. The van der Waals surface area contributed by atoms with E-state index in [9.17, 15) is 14.4 Å². The van der Waals surface area contributed by atoms with E-state index in [2.05, 4.69) is 99.8 Å². The molecule has 0 rings (SSSR count). The van der Waals surface area contributed by atoms with E-state index >= 15 is 0 Å². The zero-order valence-corrected chi connectivity index (χ0v) is 48.8. The molecule has 0 aliphatic rings. The highest BCUT2D eigenvalue weighted by Gasteiger charge is 2.19. The third-order valence-electron chi connectivity index (χ3n) is 13.6. The smallest absolute Gasteiger partial charge is 0.306 e. The molecule has 1 atom stereocenters. The van der Waals surface area contributed by atoms with Crippen molar-refractivity contribution in [3.05, 3.63) is 85.1 Å². The third kappa shape index (κ3) is 59.5. The average molecular weight is 1030 g/mol. The van der Waals surface area contributed by atoms with Crippen LogP contribution in [0.5, 0.6) is 0 Å². The lowest BCUT2D eigenvalue weighted by molar-refractivity contribution is -0.166. The number of carbonyl (C=O) groups is 3. The summed E-state index contributed by atoms with van der Waals surface area (Å²) in [5.41, 5.74) is 0. The highest BCUT2D eigenvalue weighted by molar-refractivity contribution is 5.71. The molecule has 0 spiro atoms. The van der Waals surface area contributed by atoms with Crippen molar-refractivity contribution in [1.82, 2.24) is 0 Å². The van der Waals surface area contributed by atoms with Crippen LogP contribution >= 0.6 is 0 Å². The summed E-state index contributed by atoms with van der Waals surface area (Å²) < 4.78 is 16.8. The number of ether oxygens (including phenoxy) is 3. The molecule has 0 bridgehead atoms. The van der Waals surface area contributed by atoms with E-state index in [1.54, 1.807) is 0 Å². The van der Waals surface area contributed by atoms with Crippen molar-refractivity contribution in [3.8, 4) is 0 Å². The molecular formula is C68H118O6. The molecule has 0 N–H and O–H groups in total. The second-order valence-electron chi connectivity index (χ2n) is 20.9. The summed E-state index contributed by atoms with van der Waals surface area (Å²) >= 11 is 0. The minimum absolute atomic E-state index is 0.104. The molecule has 74 heavy (non-hydrogen) atoms. The molecule has 0 aliphatic heterocycles. The SMILES string of the molecule is CC/C=C\C/C=C\C/C=C\C/C=C\C/C=C\C/C=C\CCC(=O)OC(COC(=O)CCCCCCCCCCCCC/C=C\CCCCCCCCCC)COC(=O)CCCCCCCCCCCCCCCC. The molecule has 0 radical (unpaired) electrons. The molecule has 0 saturated heterocycles. The van der Waals surface area contributed by atoms with Crippen molar-refractivity contribution >= 4 is 17.9 Å². The number of hydrogen-bond acceptors (Lipinski definition) is 6. The number of esters is 3. The van der Waals surface area contributed by atoms with Crippen LogP contribution in [0.4, 0.5) is 0 Å². The van der Waals surface area contributed by atoms with Crippen LogP contribution in [0.15, 0.2) is 85.1 Å². The molecule has 426 valence electrons. The first kappa shape index (κ1) is 70.6. The largest absolute Gasteiger partial charge is 0.462 e. The molecule has 0 heterocycles. The molecule has 0 saturated carbocycles. The third-order valence-corrected chi connectivity index (χ3v) is 13.6. The van der Waals surface area contributed by atoms with Gasteiger partial charge in [-0.15, -0.1) is 0 Å². The zero-order valence-electron chi connectivity index (χ0n) is 48.8. The number of allylic oxidation sites excluding steroid dienone is 14. The number of unbranched alkanes of at least 4 members (excludes halogenated alkanes) is 32. The van der Waals surface area contributed by atoms with Gasteiger partial charge in [-0.3, -0.25) is 14.4 Å². The molecule has 0 aromatic heterocycles. The van der Waals surface area contributed by atoms with Crippen molar-refractivity contribution in [2.75, 3.05) is 13.2 Å². The molecule has 0 amide bonds. The Morgan fingerprint density at radius 3 is 0.878 bits per heavy atom. The lowest BCUT2D eigenvalue weighted by Gasteiger charge is -2.18. The highest BCUT2D eigenvalue weighted by atomic mass is 16.6. The van der Waals surface area contributed by atoms with Crippen LogP contribution in [0.3, 0.4) is 0 Å². The maximum Gasteiger partial charge on any atom is 0.306 e. The topological polar surface area (TPSA) is 78.9 Å². The predicted octanol–water partition coefficient (Wildman–Crippen LogP) is 21.5. The quantitative estimate of drug-likeness (QED) is 0.0261. The maximum absolute atomic E-state index is 12.9. The van der Waals surface area contributed by atoms with Crippen LogP contribution in [0, 0.1) is 0 Å². The van der Waals surface area contributed by atoms with Gasteiger partial charge in [-0.05, 0) is 83.5 Å². The first-order valence-electron chi connectivity index (χ1n) is 31.6. The molecule has 6 nitrogen and oxygen atoms in total. The van der Waals surface area contributed by atoms with Crippen molar-refractivity contribution < 1.29 is 28.6 Å². The summed E-state index contributed by atoms with van der Waals surface area (Å²) in [5, 5.41) is 0. The summed E-state index contributed by atoms with van der Waals surface area (Å²) in [6.07, 6.45) is 81.7. The Morgan fingerprint density at radius 2 is 0.554 bits per heavy atom. The van der Waals surface area contributed by atoms with Gasteiger partial charge < -0.3 is 14.2 Å². The summed E-state index contributed by atoms with van der Waals surface area (Å²) in [5.74, 6) is -0.977. The lowest BCUT2D eigenvalue weighted by Crippen LogP contribution is -2.30. The Kier molecular flexibility index (Phi) is 59.3. The van der Waals surface area contributed by atoms with Crippen molar-refractivity contribution in [3.63, 3.8) is 0 Å². The van der Waals surface area contributed by atoms with Crippen LogP contribution in [0.1, 0.15) is 310 Å². The van der Waals surface area contributed by atoms with Crippen LogP contribution in [-0.4, -0.2) is 37.2 Å². The Labute approximate surface area is 458 Å². The van der Waals surface area contributed by atoms with Gasteiger partial charge in [0, 0.05) is 19.3 Å². The van der Waals surface area contributed by atoms with Crippen LogP contribution < -0.4 is 0 Å². The monoisotopic (exact) mass is 1030 g/mol. The second kappa shape index (κ2) is 62.1. The second-order valence-corrected chi connectivity index (χ2v) is 20.9. The fourth-order valence-electron chi connectivity index (χ4n) is 8.94. The predicted molar refractivity (Wildman–Crippen MR) is 321 cm³/mol. The van der Waals surface area contributed by atoms with Crippen LogP contribution in [0.25, 0.3) is 0 Å². The van der Waals surface area contributed by atoms with Gasteiger partial charge in [-0.1, -0.05) is 292 Å². The van der Waals surface area contributed by atoms with E-state index in [0.717, 1.165) is 77.0 Å².